The molecule has 0 spiro atoms. The Morgan fingerprint density at radius 3 is 3.00 bits per heavy atom. The molecule has 4 nitrogen and oxygen atoms in total. The van der Waals surface area contributed by atoms with Crippen molar-refractivity contribution in [3.05, 3.63) is 30.1 Å². The zero-order valence-corrected chi connectivity index (χ0v) is 9.77. The van der Waals surface area contributed by atoms with Gasteiger partial charge in [-0.1, -0.05) is 6.07 Å². The quantitative estimate of drug-likeness (QED) is 0.588. The average molecular weight is 222 g/mol. The van der Waals surface area contributed by atoms with Gasteiger partial charge in [0.2, 0.25) is 0 Å². The summed E-state index contributed by atoms with van der Waals surface area (Å²) in [6.45, 7) is 2.84. The number of carbonyl (C=O) groups excluding carboxylic acids is 1. The van der Waals surface area contributed by atoms with Gasteiger partial charge in [-0.2, -0.15) is 0 Å². The summed E-state index contributed by atoms with van der Waals surface area (Å²) in [5.74, 6) is -0.160. The molecule has 0 aromatic carbocycles. The van der Waals surface area contributed by atoms with Crippen LogP contribution in [0.4, 0.5) is 0 Å². The first-order valence-electron chi connectivity index (χ1n) is 5.45. The number of aromatic nitrogens is 1. The average Bonchev–Trinajstić information content (AvgIpc) is 2.35. The van der Waals surface area contributed by atoms with Gasteiger partial charge in [0.05, 0.1) is 12.8 Å². The summed E-state index contributed by atoms with van der Waals surface area (Å²) in [6.07, 6.45) is 3.02. The second-order valence-corrected chi connectivity index (χ2v) is 3.61. The van der Waals surface area contributed by atoms with E-state index in [-0.39, 0.29) is 12.0 Å². The Balaban J connectivity index is 2.21. The van der Waals surface area contributed by atoms with Crippen LogP contribution in [0.1, 0.15) is 31.5 Å². The number of nitrogens with zero attached hydrogens (tertiary/aromatic N) is 1. The van der Waals surface area contributed by atoms with Gasteiger partial charge in [-0.3, -0.25) is 9.78 Å². The van der Waals surface area contributed by atoms with Crippen molar-refractivity contribution in [3.63, 3.8) is 0 Å². The van der Waals surface area contributed by atoms with Crippen molar-refractivity contribution in [1.29, 1.82) is 0 Å². The van der Waals surface area contributed by atoms with E-state index >= 15 is 0 Å². The van der Waals surface area contributed by atoms with Crippen molar-refractivity contribution in [2.24, 2.45) is 0 Å². The van der Waals surface area contributed by atoms with Gasteiger partial charge >= 0.3 is 5.97 Å². The van der Waals surface area contributed by atoms with Crippen LogP contribution in [0.15, 0.2) is 24.4 Å². The van der Waals surface area contributed by atoms with E-state index < -0.39 is 0 Å². The van der Waals surface area contributed by atoms with Crippen molar-refractivity contribution in [2.75, 3.05) is 13.7 Å². The molecule has 1 N–H and O–H groups in total. The van der Waals surface area contributed by atoms with Crippen LogP contribution in [0.25, 0.3) is 0 Å². The Bertz CT molecular complexity index is 314. The van der Waals surface area contributed by atoms with Gasteiger partial charge in [-0.05, 0) is 32.0 Å². The SMILES string of the molecule is COC(=O)CCCNC(C)c1ccccn1. The van der Waals surface area contributed by atoms with E-state index in [0.717, 1.165) is 18.7 Å². The van der Waals surface area contributed by atoms with Crippen molar-refractivity contribution in [2.45, 2.75) is 25.8 Å². The number of hydrogen-bond donors (Lipinski definition) is 1. The second kappa shape index (κ2) is 6.95. The Morgan fingerprint density at radius 1 is 1.56 bits per heavy atom. The van der Waals surface area contributed by atoms with Crippen LogP contribution in [0.2, 0.25) is 0 Å². The molecule has 0 bridgehead atoms. The number of methoxy groups -OCH3 is 1. The third kappa shape index (κ3) is 4.40. The molecule has 1 atom stereocenters. The number of rotatable bonds is 6. The molecule has 1 rings (SSSR count). The zero-order chi connectivity index (χ0) is 11.8. The summed E-state index contributed by atoms with van der Waals surface area (Å²) in [5.41, 5.74) is 1.01. The lowest BCUT2D eigenvalue weighted by atomic mass is 10.2. The van der Waals surface area contributed by atoms with Crippen LogP contribution in [0.3, 0.4) is 0 Å². The minimum absolute atomic E-state index is 0.160. The lowest BCUT2D eigenvalue weighted by molar-refractivity contribution is -0.140. The van der Waals surface area contributed by atoms with Gasteiger partial charge in [0, 0.05) is 18.7 Å². The van der Waals surface area contributed by atoms with Crippen molar-refractivity contribution >= 4 is 5.97 Å². The molecular formula is C12H18N2O2. The topological polar surface area (TPSA) is 51.2 Å². The normalized spacial score (nSPS) is 12.1. The van der Waals surface area contributed by atoms with Gasteiger partial charge in [0.15, 0.2) is 0 Å². The van der Waals surface area contributed by atoms with Crippen molar-refractivity contribution in [1.82, 2.24) is 10.3 Å². The third-order valence-corrected chi connectivity index (χ3v) is 2.37. The van der Waals surface area contributed by atoms with Crippen molar-refractivity contribution < 1.29 is 9.53 Å². The maximum Gasteiger partial charge on any atom is 0.305 e. The van der Waals surface area contributed by atoms with Gasteiger partial charge < -0.3 is 10.1 Å². The Hall–Kier alpha value is -1.42. The fourth-order valence-corrected chi connectivity index (χ4v) is 1.39. The van der Waals surface area contributed by atoms with Crippen molar-refractivity contribution in [3.8, 4) is 0 Å². The molecule has 0 fully saturated rings. The molecule has 0 saturated carbocycles. The van der Waals surface area contributed by atoms with E-state index in [9.17, 15) is 4.79 Å². The summed E-state index contributed by atoms with van der Waals surface area (Å²) in [5, 5.41) is 3.31. The maximum absolute atomic E-state index is 10.9. The molecule has 1 aromatic heterocycles. The number of pyridine rings is 1. The number of ether oxygens (including phenoxy) is 1. The molecular weight excluding hydrogens is 204 g/mol. The van der Waals surface area contributed by atoms with E-state index in [0.29, 0.717) is 6.42 Å². The Kier molecular flexibility index (Phi) is 5.50. The van der Waals surface area contributed by atoms with E-state index in [1.807, 2.05) is 18.2 Å². The molecule has 0 saturated heterocycles. The summed E-state index contributed by atoms with van der Waals surface area (Å²) in [7, 11) is 1.41. The van der Waals surface area contributed by atoms with Gasteiger partial charge in [0.1, 0.15) is 0 Å². The van der Waals surface area contributed by atoms with Crippen LogP contribution >= 0.6 is 0 Å². The van der Waals surface area contributed by atoms with Crippen LogP contribution in [0.5, 0.6) is 0 Å². The third-order valence-electron chi connectivity index (χ3n) is 2.37. The highest BCUT2D eigenvalue weighted by atomic mass is 16.5. The van der Waals surface area contributed by atoms with Gasteiger partial charge in [-0.15, -0.1) is 0 Å². The van der Waals surface area contributed by atoms with Gasteiger partial charge in [0.25, 0.3) is 0 Å². The highest BCUT2D eigenvalue weighted by Gasteiger charge is 2.05. The monoisotopic (exact) mass is 222 g/mol. The minimum atomic E-state index is -0.160. The van der Waals surface area contributed by atoms with E-state index in [4.69, 9.17) is 0 Å². The molecule has 0 aliphatic rings. The van der Waals surface area contributed by atoms with Gasteiger partial charge in [-0.25, -0.2) is 0 Å². The van der Waals surface area contributed by atoms with E-state index in [1.54, 1.807) is 6.20 Å². The first kappa shape index (κ1) is 12.6. The maximum atomic E-state index is 10.9. The molecule has 0 radical (unpaired) electrons. The molecule has 16 heavy (non-hydrogen) atoms. The number of hydrogen-bond acceptors (Lipinski definition) is 4. The molecule has 0 aliphatic heterocycles. The molecule has 88 valence electrons. The predicted molar refractivity (Wildman–Crippen MR) is 61.9 cm³/mol. The van der Waals surface area contributed by atoms with Crippen LogP contribution in [0, 0.1) is 0 Å². The van der Waals surface area contributed by atoms with Crippen LogP contribution < -0.4 is 5.32 Å². The first-order valence-corrected chi connectivity index (χ1v) is 5.45. The van der Waals surface area contributed by atoms with Crippen LogP contribution in [-0.2, 0) is 9.53 Å². The fourth-order valence-electron chi connectivity index (χ4n) is 1.39. The zero-order valence-electron chi connectivity index (χ0n) is 9.77. The van der Waals surface area contributed by atoms with Crippen LogP contribution in [-0.4, -0.2) is 24.6 Å². The first-order chi connectivity index (χ1) is 7.74. The highest BCUT2D eigenvalue weighted by Crippen LogP contribution is 2.07. The standard InChI is InChI=1S/C12H18N2O2/c1-10(11-6-3-4-8-14-11)13-9-5-7-12(15)16-2/h3-4,6,8,10,13H,5,7,9H2,1-2H3. The summed E-state index contributed by atoms with van der Waals surface area (Å²) < 4.78 is 4.56. The van der Waals surface area contributed by atoms with E-state index in [1.165, 1.54) is 7.11 Å². The molecule has 4 heteroatoms. The fraction of sp³-hybridized carbons (Fsp3) is 0.500. The second-order valence-electron chi connectivity index (χ2n) is 3.61. The lowest BCUT2D eigenvalue weighted by Gasteiger charge is -2.12. The number of nitrogens with one attached hydrogen (secondary N) is 1. The molecule has 0 aliphatic carbocycles. The number of carbonyl (C=O) groups is 1. The Labute approximate surface area is 96.0 Å². The number of esters is 1. The summed E-state index contributed by atoms with van der Waals surface area (Å²) >= 11 is 0. The molecule has 0 amide bonds. The summed E-state index contributed by atoms with van der Waals surface area (Å²) in [4.78, 5) is 15.1. The molecule has 1 heterocycles. The molecule has 1 aromatic rings. The molecule has 1 unspecified atom stereocenters. The lowest BCUT2D eigenvalue weighted by Crippen LogP contribution is -2.21. The Morgan fingerprint density at radius 2 is 2.38 bits per heavy atom. The smallest absolute Gasteiger partial charge is 0.305 e. The van der Waals surface area contributed by atoms with E-state index in [2.05, 4.69) is 22.0 Å². The predicted octanol–water partition coefficient (Wildman–Crippen LogP) is 1.69. The highest BCUT2D eigenvalue weighted by molar-refractivity contribution is 5.69. The largest absolute Gasteiger partial charge is 0.469 e. The minimum Gasteiger partial charge on any atom is -0.469 e. The summed E-state index contributed by atoms with van der Waals surface area (Å²) in [6, 6.07) is 6.05.